The first-order chi connectivity index (χ1) is 5.37. The van der Waals surface area contributed by atoms with Crippen molar-refractivity contribution in [3.63, 3.8) is 0 Å². The van der Waals surface area contributed by atoms with E-state index >= 15 is 0 Å². The third-order valence-corrected chi connectivity index (χ3v) is 1.58. The van der Waals surface area contributed by atoms with Crippen LogP contribution in [-0.2, 0) is 9.59 Å². The summed E-state index contributed by atoms with van der Waals surface area (Å²) in [6.45, 7) is 6.51. The van der Waals surface area contributed by atoms with Crippen LogP contribution in [0, 0.1) is 11.8 Å². The first-order valence-electron chi connectivity index (χ1n) is 3.52. The van der Waals surface area contributed by atoms with Crippen LogP contribution in [-0.4, -0.2) is 22.2 Å². The number of carbonyl (C=O) groups is 2. The summed E-state index contributed by atoms with van der Waals surface area (Å²) in [6, 6.07) is 0. The van der Waals surface area contributed by atoms with Gasteiger partial charge in [0.15, 0.2) is 0 Å². The van der Waals surface area contributed by atoms with Crippen LogP contribution in [0.3, 0.4) is 0 Å². The van der Waals surface area contributed by atoms with Gasteiger partial charge >= 0.3 is 11.9 Å². The molecule has 68 valence electrons. The molecule has 0 saturated carbocycles. The SMILES string of the molecule is C=C(C(=O)O)C(C(=O)O)C(C)C. The van der Waals surface area contributed by atoms with Crippen molar-refractivity contribution < 1.29 is 19.8 Å². The van der Waals surface area contributed by atoms with Crippen LogP contribution < -0.4 is 0 Å². The predicted molar refractivity (Wildman–Crippen MR) is 42.7 cm³/mol. The minimum atomic E-state index is -1.25. The zero-order valence-electron chi connectivity index (χ0n) is 7.07. The van der Waals surface area contributed by atoms with E-state index < -0.39 is 17.9 Å². The van der Waals surface area contributed by atoms with Crippen LogP contribution >= 0.6 is 0 Å². The summed E-state index contributed by atoms with van der Waals surface area (Å²) < 4.78 is 0. The molecule has 0 aromatic carbocycles. The fourth-order valence-electron chi connectivity index (χ4n) is 0.970. The lowest BCUT2D eigenvalue weighted by Gasteiger charge is -2.15. The molecule has 1 unspecified atom stereocenters. The Morgan fingerprint density at radius 2 is 1.67 bits per heavy atom. The summed E-state index contributed by atoms with van der Waals surface area (Å²) in [7, 11) is 0. The third kappa shape index (κ3) is 2.38. The van der Waals surface area contributed by atoms with Gasteiger partial charge in [0.1, 0.15) is 0 Å². The van der Waals surface area contributed by atoms with Crippen LogP contribution in [0.25, 0.3) is 0 Å². The molecule has 0 spiro atoms. The number of aliphatic carboxylic acids is 2. The number of rotatable bonds is 4. The molecule has 0 heterocycles. The Labute approximate surface area is 70.5 Å². The molecule has 12 heavy (non-hydrogen) atoms. The van der Waals surface area contributed by atoms with Gasteiger partial charge in [0.2, 0.25) is 0 Å². The maximum Gasteiger partial charge on any atom is 0.331 e. The summed E-state index contributed by atoms with van der Waals surface area (Å²) >= 11 is 0. The maximum atomic E-state index is 10.6. The largest absolute Gasteiger partial charge is 0.481 e. The number of carboxylic acids is 2. The predicted octanol–water partition coefficient (Wildman–Crippen LogP) is 0.984. The fourth-order valence-corrected chi connectivity index (χ4v) is 0.970. The molecule has 0 fully saturated rings. The molecule has 0 radical (unpaired) electrons. The van der Waals surface area contributed by atoms with E-state index in [4.69, 9.17) is 10.2 Å². The Morgan fingerprint density at radius 3 is 1.75 bits per heavy atom. The van der Waals surface area contributed by atoms with Gasteiger partial charge in [0, 0.05) is 5.57 Å². The lowest BCUT2D eigenvalue weighted by molar-refractivity contribution is -0.145. The summed E-state index contributed by atoms with van der Waals surface area (Å²) in [5.41, 5.74) is -0.266. The molecule has 2 N–H and O–H groups in total. The monoisotopic (exact) mass is 172 g/mol. The standard InChI is InChI=1S/C8H12O4/c1-4(2)6(8(11)12)5(3)7(9)10/h4,6H,3H2,1-2H3,(H,9,10)(H,11,12). The van der Waals surface area contributed by atoms with Gasteiger partial charge in [-0.15, -0.1) is 0 Å². The highest BCUT2D eigenvalue weighted by molar-refractivity contribution is 5.93. The summed E-state index contributed by atoms with van der Waals surface area (Å²) in [5.74, 6) is -3.65. The molecule has 4 nitrogen and oxygen atoms in total. The van der Waals surface area contributed by atoms with Crippen molar-refractivity contribution in [3.8, 4) is 0 Å². The van der Waals surface area contributed by atoms with Crippen LogP contribution in [0.15, 0.2) is 12.2 Å². The second kappa shape index (κ2) is 3.90. The number of hydrogen-bond donors (Lipinski definition) is 2. The molecule has 4 heteroatoms. The average molecular weight is 172 g/mol. The first kappa shape index (κ1) is 10.7. The minimum absolute atomic E-state index is 0.258. The highest BCUT2D eigenvalue weighted by Gasteiger charge is 2.28. The van der Waals surface area contributed by atoms with Crippen molar-refractivity contribution in [1.29, 1.82) is 0 Å². The maximum absolute atomic E-state index is 10.6. The molecule has 0 amide bonds. The average Bonchev–Trinajstić information content (AvgIpc) is 1.85. The second-order valence-electron chi connectivity index (χ2n) is 2.89. The highest BCUT2D eigenvalue weighted by atomic mass is 16.4. The zero-order valence-corrected chi connectivity index (χ0v) is 7.07. The van der Waals surface area contributed by atoms with Crippen LogP contribution in [0.2, 0.25) is 0 Å². The van der Waals surface area contributed by atoms with Crippen molar-refractivity contribution in [3.05, 3.63) is 12.2 Å². The van der Waals surface area contributed by atoms with Gasteiger partial charge < -0.3 is 10.2 Å². The Morgan fingerprint density at radius 1 is 1.25 bits per heavy atom. The molecular formula is C8H12O4. The van der Waals surface area contributed by atoms with Gasteiger partial charge in [-0.2, -0.15) is 0 Å². The van der Waals surface area contributed by atoms with Gasteiger partial charge in [0.25, 0.3) is 0 Å². The summed E-state index contributed by atoms with van der Waals surface area (Å²) in [5, 5.41) is 17.1. The van der Waals surface area contributed by atoms with E-state index in [1.165, 1.54) is 0 Å². The van der Waals surface area contributed by atoms with Gasteiger partial charge in [-0.05, 0) is 5.92 Å². The lowest BCUT2D eigenvalue weighted by Crippen LogP contribution is -2.25. The van der Waals surface area contributed by atoms with Crippen molar-refractivity contribution in [1.82, 2.24) is 0 Å². The van der Waals surface area contributed by atoms with Crippen molar-refractivity contribution in [2.45, 2.75) is 13.8 Å². The molecule has 1 atom stereocenters. The molecule has 0 aliphatic carbocycles. The summed E-state index contributed by atoms with van der Waals surface area (Å²) in [6.07, 6.45) is 0. The number of hydrogen-bond acceptors (Lipinski definition) is 2. The highest BCUT2D eigenvalue weighted by Crippen LogP contribution is 2.19. The van der Waals surface area contributed by atoms with E-state index in [1.54, 1.807) is 13.8 Å². The Bertz CT molecular complexity index is 217. The van der Waals surface area contributed by atoms with Gasteiger partial charge in [0.05, 0.1) is 5.92 Å². The molecule has 0 bridgehead atoms. The lowest BCUT2D eigenvalue weighted by atomic mass is 9.89. The van der Waals surface area contributed by atoms with Crippen LogP contribution in [0.1, 0.15) is 13.8 Å². The van der Waals surface area contributed by atoms with Gasteiger partial charge in [-0.25, -0.2) is 4.79 Å². The number of carboxylic acid groups (broad SMARTS) is 2. The molecule has 0 rings (SSSR count). The Balaban J connectivity index is 4.64. The van der Waals surface area contributed by atoms with Gasteiger partial charge in [-0.3, -0.25) is 4.79 Å². The second-order valence-corrected chi connectivity index (χ2v) is 2.89. The van der Waals surface area contributed by atoms with E-state index in [-0.39, 0.29) is 11.5 Å². The zero-order chi connectivity index (χ0) is 9.89. The topological polar surface area (TPSA) is 74.6 Å². The fraction of sp³-hybridized carbons (Fsp3) is 0.500. The van der Waals surface area contributed by atoms with E-state index in [0.29, 0.717) is 0 Å². The molecular weight excluding hydrogens is 160 g/mol. The van der Waals surface area contributed by atoms with Gasteiger partial charge in [-0.1, -0.05) is 20.4 Å². The molecule has 0 saturated heterocycles. The minimum Gasteiger partial charge on any atom is -0.481 e. The Kier molecular flexibility index (Phi) is 3.47. The quantitative estimate of drug-likeness (QED) is 0.620. The van der Waals surface area contributed by atoms with Crippen LogP contribution in [0.5, 0.6) is 0 Å². The van der Waals surface area contributed by atoms with E-state index in [1.807, 2.05) is 0 Å². The third-order valence-electron chi connectivity index (χ3n) is 1.58. The van der Waals surface area contributed by atoms with E-state index in [0.717, 1.165) is 0 Å². The van der Waals surface area contributed by atoms with Crippen LogP contribution in [0.4, 0.5) is 0 Å². The van der Waals surface area contributed by atoms with E-state index in [2.05, 4.69) is 6.58 Å². The summed E-state index contributed by atoms with van der Waals surface area (Å²) in [4.78, 5) is 20.9. The Hall–Kier alpha value is -1.32. The van der Waals surface area contributed by atoms with Crippen molar-refractivity contribution in [2.75, 3.05) is 0 Å². The molecule has 0 aliphatic heterocycles. The molecule has 0 aromatic heterocycles. The van der Waals surface area contributed by atoms with Crippen molar-refractivity contribution in [2.24, 2.45) is 11.8 Å². The molecule has 0 aromatic rings. The first-order valence-corrected chi connectivity index (χ1v) is 3.52. The van der Waals surface area contributed by atoms with E-state index in [9.17, 15) is 9.59 Å². The normalized spacial score (nSPS) is 12.6. The van der Waals surface area contributed by atoms with Crippen molar-refractivity contribution >= 4 is 11.9 Å². The smallest absolute Gasteiger partial charge is 0.331 e. The molecule has 0 aliphatic rings.